The van der Waals surface area contributed by atoms with Crippen molar-refractivity contribution >= 4 is 18.5 Å². The van der Waals surface area contributed by atoms with Crippen molar-refractivity contribution in [2.75, 3.05) is 12.3 Å². The summed E-state index contributed by atoms with van der Waals surface area (Å²) < 4.78 is 0. The third-order valence-electron chi connectivity index (χ3n) is 2.21. The zero-order valence-electron chi connectivity index (χ0n) is 6.68. The Morgan fingerprint density at radius 3 is 2.64 bits per heavy atom. The van der Waals surface area contributed by atoms with Gasteiger partial charge in [0.05, 0.1) is 5.75 Å². The summed E-state index contributed by atoms with van der Waals surface area (Å²) in [6.07, 6.45) is 5.24. The maximum absolute atomic E-state index is 10.8. The summed E-state index contributed by atoms with van der Waals surface area (Å²) in [4.78, 5) is 10.8. The number of thiol groups is 1. The molecule has 0 heterocycles. The van der Waals surface area contributed by atoms with E-state index in [0.717, 1.165) is 12.5 Å². The number of rotatable bonds is 3. The van der Waals surface area contributed by atoms with Crippen molar-refractivity contribution in [1.82, 2.24) is 5.32 Å². The number of amides is 1. The van der Waals surface area contributed by atoms with Crippen molar-refractivity contribution in [3.05, 3.63) is 0 Å². The minimum absolute atomic E-state index is 0.0558. The maximum atomic E-state index is 10.8. The molecule has 0 aliphatic heterocycles. The number of nitrogens with one attached hydrogen (secondary N) is 1. The van der Waals surface area contributed by atoms with Crippen molar-refractivity contribution in [2.45, 2.75) is 25.7 Å². The van der Waals surface area contributed by atoms with Crippen molar-refractivity contribution < 1.29 is 4.79 Å². The highest BCUT2D eigenvalue weighted by atomic mass is 32.1. The molecule has 64 valence electrons. The fourth-order valence-electron chi connectivity index (χ4n) is 1.53. The lowest BCUT2D eigenvalue weighted by molar-refractivity contribution is -0.118. The second-order valence-electron chi connectivity index (χ2n) is 3.11. The molecule has 1 aliphatic carbocycles. The first kappa shape index (κ1) is 8.91. The average Bonchev–Trinajstić information content (AvgIpc) is 2.52. The zero-order chi connectivity index (χ0) is 8.10. The van der Waals surface area contributed by atoms with Crippen LogP contribution in [0.1, 0.15) is 25.7 Å². The van der Waals surface area contributed by atoms with E-state index in [4.69, 9.17) is 0 Å². The Morgan fingerprint density at radius 1 is 1.45 bits per heavy atom. The molecule has 0 radical (unpaired) electrons. The highest BCUT2D eigenvalue weighted by Crippen LogP contribution is 2.23. The van der Waals surface area contributed by atoms with Gasteiger partial charge in [0.25, 0.3) is 0 Å². The van der Waals surface area contributed by atoms with Gasteiger partial charge >= 0.3 is 0 Å². The van der Waals surface area contributed by atoms with Crippen LogP contribution in [0.25, 0.3) is 0 Å². The van der Waals surface area contributed by atoms with Gasteiger partial charge in [-0.1, -0.05) is 12.8 Å². The van der Waals surface area contributed by atoms with Crippen LogP contribution in [-0.4, -0.2) is 18.2 Å². The van der Waals surface area contributed by atoms with Crippen LogP contribution >= 0.6 is 12.6 Å². The fraction of sp³-hybridized carbons (Fsp3) is 0.875. The van der Waals surface area contributed by atoms with Gasteiger partial charge in [0.1, 0.15) is 0 Å². The van der Waals surface area contributed by atoms with Crippen LogP contribution in [0.15, 0.2) is 0 Å². The smallest absolute Gasteiger partial charge is 0.229 e. The summed E-state index contributed by atoms with van der Waals surface area (Å²) in [6, 6.07) is 0. The zero-order valence-corrected chi connectivity index (χ0v) is 7.57. The van der Waals surface area contributed by atoms with E-state index in [0.29, 0.717) is 5.75 Å². The van der Waals surface area contributed by atoms with Gasteiger partial charge in [-0.3, -0.25) is 4.79 Å². The van der Waals surface area contributed by atoms with Crippen molar-refractivity contribution in [3.8, 4) is 0 Å². The van der Waals surface area contributed by atoms with Gasteiger partial charge in [-0.2, -0.15) is 12.6 Å². The van der Waals surface area contributed by atoms with Crippen LogP contribution in [0.3, 0.4) is 0 Å². The highest BCUT2D eigenvalue weighted by molar-refractivity contribution is 7.81. The quantitative estimate of drug-likeness (QED) is 0.617. The lowest BCUT2D eigenvalue weighted by atomic mass is 10.1. The minimum Gasteiger partial charge on any atom is -0.355 e. The third-order valence-corrected chi connectivity index (χ3v) is 2.49. The molecule has 1 rings (SSSR count). The van der Waals surface area contributed by atoms with E-state index in [1.165, 1.54) is 25.7 Å². The highest BCUT2D eigenvalue weighted by Gasteiger charge is 2.14. The molecule has 0 unspecified atom stereocenters. The maximum Gasteiger partial charge on any atom is 0.229 e. The molecule has 3 heteroatoms. The van der Waals surface area contributed by atoms with E-state index in [1.807, 2.05) is 0 Å². The van der Waals surface area contributed by atoms with Gasteiger partial charge in [-0.25, -0.2) is 0 Å². The lowest BCUT2D eigenvalue weighted by Crippen LogP contribution is -2.29. The van der Waals surface area contributed by atoms with Gasteiger partial charge in [-0.05, 0) is 18.8 Å². The SMILES string of the molecule is O=C(CS)NCC1CCCC1. The summed E-state index contributed by atoms with van der Waals surface area (Å²) in [5.41, 5.74) is 0. The van der Waals surface area contributed by atoms with Crippen molar-refractivity contribution in [3.63, 3.8) is 0 Å². The Hall–Kier alpha value is -0.180. The van der Waals surface area contributed by atoms with Crippen molar-refractivity contribution in [2.24, 2.45) is 5.92 Å². The Bertz CT molecular complexity index is 132. The molecule has 11 heavy (non-hydrogen) atoms. The van der Waals surface area contributed by atoms with E-state index in [2.05, 4.69) is 17.9 Å². The number of hydrogen-bond acceptors (Lipinski definition) is 2. The van der Waals surface area contributed by atoms with E-state index in [9.17, 15) is 4.79 Å². The van der Waals surface area contributed by atoms with E-state index >= 15 is 0 Å². The van der Waals surface area contributed by atoms with Crippen LogP contribution in [0.2, 0.25) is 0 Å². The van der Waals surface area contributed by atoms with Crippen LogP contribution in [0.5, 0.6) is 0 Å². The summed E-state index contributed by atoms with van der Waals surface area (Å²) >= 11 is 3.88. The fourth-order valence-corrected chi connectivity index (χ4v) is 1.64. The predicted octanol–water partition coefficient (Wildman–Crippen LogP) is 1.22. The van der Waals surface area contributed by atoms with E-state index in [1.54, 1.807) is 0 Å². The third kappa shape index (κ3) is 3.14. The Balaban J connectivity index is 2.06. The predicted molar refractivity (Wildman–Crippen MR) is 48.8 cm³/mol. The summed E-state index contributed by atoms with van der Waals surface area (Å²) in [5, 5.41) is 2.86. The largest absolute Gasteiger partial charge is 0.355 e. The average molecular weight is 173 g/mol. The molecule has 0 spiro atoms. The molecule has 0 aromatic rings. The second-order valence-corrected chi connectivity index (χ2v) is 3.43. The first-order chi connectivity index (χ1) is 5.33. The first-order valence-electron chi connectivity index (χ1n) is 4.20. The van der Waals surface area contributed by atoms with Gasteiger partial charge < -0.3 is 5.32 Å². The molecule has 1 fully saturated rings. The van der Waals surface area contributed by atoms with Crippen LogP contribution in [0.4, 0.5) is 0 Å². The Morgan fingerprint density at radius 2 is 2.09 bits per heavy atom. The molecular formula is C8H15NOS. The number of hydrogen-bond donors (Lipinski definition) is 2. The van der Waals surface area contributed by atoms with Crippen molar-refractivity contribution in [1.29, 1.82) is 0 Å². The van der Waals surface area contributed by atoms with Gasteiger partial charge in [-0.15, -0.1) is 0 Å². The summed E-state index contributed by atoms with van der Waals surface area (Å²) in [6.45, 7) is 0.861. The molecule has 1 N–H and O–H groups in total. The minimum atomic E-state index is 0.0558. The molecule has 0 aromatic carbocycles. The number of carbonyl (C=O) groups excluding carboxylic acids is 1. The molecule has 1 amide bonds. The molecule has 1 saturated carbocycles. The van der Waals surface area contributed by atoms with E-state index in [-0.39, 0.29) is 5.91 Å². The van der Waals surface area contributed by atoms with Crippen LogP contribution < -0.4 is 5.32 Å². The monoisotopic (exact) mass is 173 g/mol. The standard InChI is InChI=1S/C8H15NOS/c10-8(6-11)9-5-7-3-1-2-4-7/h7,11H,1-6H2,(H,9,10). The molecule has 1 aliphatic rings. The second kappa shape index (κ2) is 4.65. The lowest BCUT2D eigenvalue weighted by Gasteiger charge is -2.08. The van der Waals surface area contributed by atoms with Gasteiger partial charge in [0.15, 0.2) is 0 Å². The van der Waals surface area contributed by atoms with Gasteiger partial charge in [0.2, 0.25) is 5.91 Å². The van der Waals surface area contributed by atoms with Gasteiger partial charge in [0, 0.05) is 6.54 Å². The molecule has 0 saturated heterocycles. The topological polar surface area (TPSA) is 29.1 Å². The molecule has 0 atom stereocenters. The molecule has 2 nitrogen and oxygen atoms in total. The van der Waals surface area contributed by atoms with Crippen LogP contribution in [0, 0.1) is 5.92 Å². The summed E-state index contributed by atoms with van der Waals surface area (Å²) in [5.74, 6) is 1.10. The molecular weight excluding hydrogens is 158 g/mol. The number of carbonyl (C=O) groups is 1. The van der Waals surface area contributed by atoms with E-state index < -0.39 is 0 Å². The summed E-state index contributed by atoms with van der Waals surface area (Å²) in [7, 11) is 0. The first-order valence-corrected chi connectivity index (χ1v) is 4.83. The Labute approximate surface area is 73.2 Å². The normalized spacial score (nSPS) is 18.6. The van der Waals surface area contributed by atoms with Crippen LogP contribution in [-0.2, 0) is 4.79 Å². The molecule has 0 bridgehead atoms. The molecule has 0 aromatic heterocycles. The Kier molecular flexibility index (Phi) is 3.77.